The third-order valence-electron chi connectivity index (χ3n) is 2.77. The van der Waals surface area contributed by atoms with Gasteiger partial charge in [-0.3, -0.25) is 4.79 Å². The van der Waals surface area contributed by atoms with Gasteiger partial charge in [0, 0.05) is 25.0 Å². The van der Waals surface area contributed by atoms with Crippen LogP contribution in [0.3, 0.4) is 0 Å². The molecule has 2 N–H and O–H groups in total. The molecule has 106 valence electrons. The van der Waals surface area contributed by atoms with Gasteiger partial charge < -0.3 is 15.4 Å². The molecule has 0 spiro atoms. The van der Waals surface area contributed by atoms with Crippen molar-refractivity contribution in [2.24, 2.45) is 0 Å². The van der Waals surface area contributed by atoms with Crippen molar-refractivity contribution in [2.45, 2.75) is 44.4 Å². The van der Waals surface area contributed by atoms with Crippen molar-refractivity contribution in [1.82, 2.24) is 10.6 Å². The van der Waals surface area contributed by atoms with Gasteiger partial charge >= 0.3 is 6.18 Å². The van der Waals surface area contributed by atoms with Crippen LogP contribution in [-0.2, 0) is 9.53 Å². The topological polar surface area (TPSA) is 50.4 Å². The average molecular weight is 268 g/mol. The summed E-state index contributed by atoms with van der Waals surface area (Å²) < 4.78 is 39.6. The Morgan fingerprint density at radius 2 is 2.17 bits per heavy atom. The number of hydrogen-bond acceptors (Lipinski definition) is 3. The summed E-state index contributed by atoms with van der Waals surface area (Å²) in [6, 6.07) is 0.518. The van der Waals surface area contributed by atoms with Gasteiger partial charge in [0.1, 0.15) is 6.61 Å². The lowest BCUT2D eigenvalue weighted by Crippen LogP contribution is -2.48. The minimum Gasteiger partial charge on any atom is -0.372 e. The molecule has 1 fully saturated rings. The zero-order chi connectivity index (χ0) is 13.6. The highest BCUT2D eigenvalue weighted by molar-refractivity contribution is 5.76. The Hall–Kier alpha value is -0.820. The first-order valence-electron chi connectivity index (χ1n) is 6.04. The normalized spacial score (nSPS) is 24.9. The van der Waals surface area contributed by atoms with E-state index in [0.717, 1.165) is 12.8 Å². The number of piperidine rings is 1. The van der Waals surface area contributed by atoms with E-state index in [4.69, 9.17) is 0 Å². The van der Waals surface area contributed by atoms with Crippen molar-refractivity contribution in [2.75, 3.05) is 19.8 Å². The summed E-state index contributed by atoms with van der Waals surface area (Å²) >= 11 is 0. The number of amides is 1. The number of alkyl halides is 3. The van der Waals surface area contributed by atoms with E-state index in [1.165, 1.54) is 0 Å². The first kappa shape index (κ1) is 15.2. The Balaban J connectivity index is 2.07. The summed E-state index contributed by atoms with van der Waals surface area (Å²) in [5, 5.41) is 6.00. The van der Waals surface area contributed by atoms with Crippen molar-refractivity contribution in [1.29, 1.82) is 0 Å². The highest BCUT2D eigenvalue weighted by atomic mass is 19.4. The van der Waals surface area contributed by atoms with Gasteiger partial charge in [0.05, 0.1) is 6.61 Å². The molecule has 0 aromatic rings. The van der Waals surface area contributed by atoms with Crippen molar-refractivity contribution in [3.8, 4) is 0 Å². The summed E-state index contributed by atoms with van der Waals surface area (Å²) in [6.07, 6.45) is -2.50. The zero-order valence-electron chi connectivity index (χ0n) is 10.3. The number of ether oxygens (including phenoxy) is 1. The Morgan fingerprint density at radius 3 is 2.72 bits per heavy atom. The molecule has 0 aromatic heterocycles. The second-order valence-electron chi connectivity index (χ2n) is 4.57. The average Bonchev–Trinajstić information content (AvgIpc) is 2.26. The fraction of sp³-hybridized carbons (Fsp3) is 0.909. The smallest absolute Gasteiger partial charge is 0.372 e. The van der Waals surface area contributed by atoms with Gasteiger partial charge in [0.2, 0.25) is 5.91 Å². The second kappa shape index (κ2) is 6.94. The third kappa shape index (κ3) is 6.80. The van der Waals surface area contributed by atoms with Crippen LogP contribution in [0, 0.1) is 0 Å². The highest BCUT2D eigenvalue weighted by Crippen LogP contribution is 2.14. The van der Waals surface area contributed by atoms with Crippen LogP contribution in [0.4, 0.5) is 13.2 Å². The minimum atomic E-state index is -4.33. The van der Waals surface area contributed by atoms with Crippen molar-refractivity contribution in [3.05, 3.63) is 0 Å². The van der Waals surface area contributed by atoms with E-state index >= 15 is 0 Å². The van der Waals surface area contributed by atoms with Gasteiger partial charge in [-0.1, -0.05) is 0 Å². The summed E-state index contributed by atoms with van der Waals surface area (Å²) in [5.41, 5.74) is 0. The molecular weight excluding hydrogens is 249 g/mol. The fourth-order valence-electron chi connectivity index (χ4n) is 1.77. The zero-order valence-corrected chi connectivity index (χ0v) is 10.3. The van der Waals surface area contributed by atoms with Crippen LogP contribution in [-0.4, -0.2) is 43.9 Å². The number of carbonyl (C=O) groups is 1. The van der Waals surface area contributed by atoms with Crippen LogP contribution >= 0.6 is 0 Å². The molecule has 1 heterocycles. The Kier molecular flexibility index (Phi) is 5.87. The molecule has 1 aliphatic rings. The van der Waals surface area contributed by atoms with Crippen LogP contribution in [0.2, 0.25) is 0 Å². The van der Waals surface area contributed by atoms with Crippen molar-refractivity contribution in [3.63, 3.8) is 0 Å². The van der Waals surface area contributed by atoms with E-state index in [0.29, 0.717) is 12.6 Å². The lowest BCUT2D eigenvalue weighted by atomic mass is 10.0. The van der Waals surface area contributed by atoms with E-state index in [2.05, 4.69) is 22.3 Å². The summed E-state index contributed by atoms with van der Waals surface area (Å²) in [4.78, 5) is 11.4. The molecule has 0 bridgehead atoms. The molecule has 18 heavy (non-hydrogen) atoms. The molecular formula is C11H19F3N2O2. The fourth-order valence-corrected chi connectivity index (χ4v) is 1.77. The molecule has 0 radical (unpaired) electrons. The summed E-state index contributed by atoms with van der Waals surface area (Å²) in [7, 11) is 0. The first-order valence-corrected chi connectivity index (χ1v) is 6.04. The number of rotatable bonds is 5. The largest absolute Gasteiger partial charge is 0.411 e. The van der Waals surface area contributed by atoms with Gasteiger partial charge in [0.15, 0.2) is 0 Å². The maximum absolute atomic E-state index is 11.8. The molecule has 4 nitrogen and oxygen atoms in total. The van der Waals surface area contributed by atoms with Gasteiger partial charge in [-0.15, -0.1) is 0 Å². The minimum absolute atomic E-state index is 0.0396. The lowest BCUT2D eigenvalue weighted by molar-refractivity contribution is -0.174. The second-order valence-corrected chi connectivity index (χ2v) is 4.57. The predicted molar refractivity (Wildman–Crippen MR) is 60.1 cm³/mol. The van der Waals surface area contributed by atoms with Gasteiger partial charge in [0.25, 0.3) is 0 Å². The Morgan fingerprint density at radius 1 is 1.44 bits per heavy atom. The van der Waals surface area contributed by atoms with E-state index in [1.54, 1.807) is 0 Å². The molecule has 0 aromatic carbocycles. The van der Waals surface area contributed by atoms with Crippen LogP contribution in [0.1, 0.15) is 26.2 Å². The quantitative estimate of drug-likeness (QED) is 0.737. The number of hydrogen-bond donors (Lipinski definition) is 2. The third-order valence-corrected chi connectivity index (χ3v) is 2.77. The molecule has 0 aliphatic carbocycles. The molecule has 1 aliphatic heterocycles. The Labute approximate surface area is 104 Å². The maximum atomic E-state index is 11.8. The molecule has 1 amide bonds. The molecule has 0 saturated carbocycles. The molecule has 1 saturated heterocycles. The SMILES string of the molecule is CC1CCC(NC(=O)CCOCC(F)(F)F)CN1. The molecule has 2 unspecified atom stereocenters. The van der Waals surface area contributed by atoms with Crippen LogP contribution < -0.4 is 10.6 Å². The monoisotopic (exact) mass is 268 g/mol. The highest BCUT2D eigenvalue weighted by Gasteiger charge is 2.27. The van der Waals surface area contributed by atoms with E-state index in [1.807, 2.05) is 0 Å². The van der Waals surface area contributed by atoms with E-state index in [-0.39, 0.29) is 25.0 Å². The van der Waals surface area contributed by atoms with E-state index < -0.39 is 12.8 Å². The van der Waals surface area contributed by atoms with E-state index in [9.17, 15) is 18.0 Å². The van der Waals surface area contributed by atoms with Crippen LogP contribution in [0.5, 0.6) is 0 Å². The van der Waals surface area contributed by atoms with Gasteiger partial charge in [-0.25, -0.2) is 0 Å². The van der Waals surface area contributed by atoms with Gasteiger partial charge in [-0.2, -0.15) is 13.2 Å². The number of nitrogens with one attached hydrogen (secondary N) is 2. The van der Waals surface area contributed by atoms with Crippen molar-refractivity contribution >= 4 is 5.91 Å². The first-order chi connectivity index (χ1) is 8.37. The Bertz CT molecular complexity index is 264. The molecule has 1 rings (SSSR count). The number of carbonyl (C=O) groups excluding carboxylic acids is 1. The lowest BCUT2D eigenvalue weighted by Gasteiger charge is -2.28. The molecule has 2 atom stereocenters. The maximum Gasteiger partial charge on any atom is 0.411 e. The van der Waals surface area contributed by atoms with Gasteiger partial charge in [-0.05, 0) is 19.8 Å². The standard InChI is InChI=1S/C11H19F3N2O2/c1-8-2-3-9(6-15-8)16-10(17)4-5-18-7-11(12,13)14/h8-9,15H,2-7H2,1H3,(H,16,17). The summed E-state index contributed by atoms with van der Waals surface area (Å²) in [6.45, 7) is 1.27. The predicted octanol–water partition coefficient (Wildman–Crippen LogP) is 1.21. The molecule has 7 heteroatoms. The van der Waals surface area contributed by atoms with Crippen LogP contribution in [0.15, 0.2) is 0 Å². The van der Waals surface area contributed by atoms with Crippen molar-refractivity contribution < 1.29 is 22.7 Å². The summed E-state index contributed by atoms with van der Waals surface area (Å²) in [5.74, 6) is -0.265. The van der Waals surface area contributed by atoms with Crippen LogP contribution in [0.25, 0.3) is 0 Å². The number of halogens is 3.